The molecule has 1 unspecified atom stereocenters. The lowest BCUT2D eigenvalue weighted by atomic mass is 9.74. The summed E-state index contributed by atoms with van der Waals surface area (Å²) < 4.78 is 1.76. The van der Waals surface area contributed by atoms with E-state index in [1.807, 2.05) is 25.4 Å². The minimum atomic E-state index is 0.333. The van der Waals surface area contributed by atoms with E-state index in [1.54, 1.807) is 10.9 Å². The summed E-state index contributed by atoms with van der Waals surface area (Å²) in [7, 11) is 1.89. The molecule has 3 aromatic rings. The SMILES string of the molecule is Cn1nc(C2Cc3ccccc32)c(-c2cccnc2)c1N. The Balaban J connectivity index is 1.87. The van der Waals surface area contributed by atoms with Crippen LogP contribution in [0.2, 0.25) is 0 Å². The van der Waals surface area contributed by atoms with E-state index in [-0.39, 0.29) is 0 Å². The Morgan fingerprint density at radius 1 is 1.19 bits per heavy atom. The molecule has 0 spiro atoms. The van der Waals surface area contributed by atoms with E-state index in [0.29, 0.717) is 11.7 Å². The molecule has 4 rings (SSSR count). The minimum absolute atomic E-state index is 0.333. The van der Waals surface area contributed by atoms with Crippen molar-refractivity contribution in [2.24, 2.45) is 7.05 Å². The summed E-state index contributed by atoms with van der Waals surface area (Å²) in [4.78, 5) is 4.21. The smallest absolute Gasteiger partial charge is 0.129 e. The van der Waals surface area contributed by atoms with Crippen molar-refractivity contribution in [3.8, 4) is 11.1 Å². The second-order valence-corrected chi connectivity index (χ2v) is 5.47. The van der Waals surface area contributed by atoms with Crippen LogP contribution in [0.3, 0.4) is 0 Å². The van der Waals surface area contributed by atoms with E-state index < -0.39 is 0 Å². The molecule has 21 heavy (non-hydrogen) atoms. The van der Waals surface area contributed by atoms with Crippen LogP contribution in [-0.2, 0) is 13.5 Å². The average molecular weight is 276 g/mol. The lowest BCUT2D eigenvalue weighted by Gasteiger charge is -2.29. The number of nitrogens with zero attached hydrogens (tertiary/aromatic N) is 3. The Hall–Kier alpha value is -2.62. The zero-order valence-corrected chi connectivity index (χ0v) is 11.8. The highest BCUT2D eigenvalue weighted by Crippen LogP contribution is 2.44. The van der Waals surface area contributed by atoms with Crippen LogP contribution >= 0.6 is 0 Å². The van der Waals surface area contributed by atoms with Gasteiger partial charge in [-0.25, -0.2) is 0 Å². The van der Waals surface area contributed by atoms with Crippen LogP contribution in [0.25, 0.3) is 11.1 Å². The highest BCUT2D eigenvalue weighted by molar-refractivity contribution is 5.77. The van der Waals surface area contributed by atoms with Crippen LogP contribution in [0, 0.1) is 0 Å². The van der Waals surface area contributed by atoms with Crippen molar-refractivity contribution >= 4 is 5.82 Å². The van der Waals surface area contributed by atoms with Crippen LogP contribution in [0.1, 0.15) is 22.7 Å². The molecule has 0 saturated carbocycles. The molecule has 4 nitrogen and oxygen atoms in total. The van der Waals surface area contributed by atoms with Crippen molar-refractivity contribution in [1.82, 2.24) is 14.8 Å². The van der Waals surface area contributed by atoms with E-state index in [1.165, 1.54) is 11.1 Å². The summed E-state index contributed by atoms with van der Waals surface area (Å²) in [5.74, 6) is 1.03. The molecule has 104 valence electrons. The third kappa shape index (κ3) is 1.76. The monoisotopic (exact) mass is 276 g/mol. The molecule has 0 aliphatic heterocycles. The third-order valence-electron chi connectivity index (χ3n) is 4.25. The Labute approximate surface area is 123 Å². The van der Waals surface area contributed by atoms with Crippen molar-refractivity contribution in [3.05, 3.63) is 65.6 Å². The molecule has 0 saturated heterocycles. The van der Waals surface area contributed by atoms with Gasteiger partial charge in [-0.1, -0.05) is 30.3 Å². The van der Waals surface area contributed by atoms with E-state index in [0.717, 1.165) is 23.2 Å². The number of nitrogen functional groups attached to an aromatic ring is 1. The van der Waals surface area contributed by atoms with Gasteiger partial charge in [0.1, 0.15) is 5.82 Å². The Kier molecular flexibility index (Phi) is 2.57. The number of nitrogens with two attached hydrogens (primary N) is 1. The van der Waals surface area contributed by atoms with E-state index in [4.69, 9.17) is 5.73 Å². The Morgan fingerprint density at radius 2 is 2.05 bits per heavy atom. The van der Waals surface area contributed by atoms with Crippen LogP contribution in [-0.4, -0.2) is 14.8 Å². The molecule has 0 fully saturated rings. The van der Waals surface area contributed by atoms with Gasteiger partial charge in [-0.3, -0.25) is 9.67 Å². The molecule has 2 N–H and O–H groups in total. The maximum Gasteiger partial charge on any atom is 0.129 e. The summed E-state index contributed by atoms with van der Waals surface area (Å²) in [6, 6.07) is 12.5. The van der Waals surface area contributed by atoms with Crippen molar-refractivity contribution in [2.45, 2.75) is 12.3 Å². The fourth-order valence-corrected chi connectivity index (χ4v) is 3.11. The Morgan fingerprint density at radius 3 is 2.81 bits per heavy atom. The molecule has 0 radical (unpaired) electrons. The van der Waals surface area contributed by atoms with Crippen molar-refractivity contribution in [3.63, 3.8) is 0 Å². The number of rotatable bonds is 2. The third-order valence-corrected chi connectivity index (χ3v) is 4.25. The zero-order chi connectivity index (χ0) is 14.4. The van der Waals surface area contributed by atoms with Crippen LogP contribution in [0.4, 0.5) is 5.82 Å². The summed E-state index contributed by atoms with van der Waals surface area (Å²) >= 11 is 0. The minimum Gasteiger partial charge on any atom is -0.383 e. The quantitative estimate of drug-likeness (QED) is 0.783. The van der Waals surface area contributed by atoms with Gasteiger partial charge in [-0.15, -0.1) is 0 Å². The van der Waals surface area contributed by atoms with Crippen LogP contribution < -0.4 is 5.73 Å². The fourth-order valence-electron chi connectivity index (χ4n) is 3.11. The number of hydrogen-bond acceptors (Lipinski definition) is 3. The summed E-state index contributed by atoms with van der Waals surface area (Å²) in [5, 5.41) is 4.67. The number of pyridine rings is 1. The predicted molar refractivity (Wildman–Crippen MR) is 82.8 cm³/mol. The topological polar surface area (TPSA) is 56.7 Å². The van der Waals surface area contributed by atoms with Gasteiger partial charge in [0.15, 0.2) is 0 Å². The lowest BCUT2D eigenvalue weighted by Crippen LogP contribution is -2.19. The first-order valence-corrected chi connectivity index (χ1v) is 7.06. The van der Waals surface area contributed by atoms with Crippen molar-refractivity contribution < 1.29 is 0 Å². The second-order valence-electron chi connectivity index (χ2n) is 5.47. The number of hydrogen-bond donors (Lipinski definition) is 1. The zero-order valence-electron chi connectivity index (χ0n) is 11.8. The summed E-state index contributed by atoms with van der Waals surface area (Å²) in [6.45, 7) is 0. The first kappa shape index (κ1) is 12.1. The highest BCUT2D eigenvalue weighted by Gasteiger charge is 2.32. The fraction of sp³-hybridized carbons (Fsp3) is 0.176. The van der Waals surface area contributed by atoms with Gasteiger partial charge in [0.05, 0.1) is 5.69 Å². The molecule has 1 aliphatic carbocycles. The molecule has 4 heteroatoms. The van der Waals surface area contributed by atoms with Crippen LogP contribution in [0.5, 0.6) is 0 Å². The summed E-state index contributed by atoms with van der Waals surface area (Å²) in [5.41, 5.74) is 12.1. The standard InChI is InChI=1S/C17H16N4/c1-21-17(18)15(12-6-4-8-19-10-12)16(20-21)14-9-11-5-2-3-7-13(11)14/h2-8,10,14H,9,18H2,1H3. The number of benzene rings is 1. The van der Waals surface area contributed by atoms with Crippen molar-refractivity contribution in [1.29, 1.82) is 0 Å². The number of aryl methyl sites for hydroxylation is 1. The van der Waals surface area contributed by atoms with Gasteiger partial charge in [0, 0.05) is 36.5 Å². The molecular weight excluding hydrogens is 260 g/mol. The van der Waals surface area contributed by atoms with Gasteiger partial charge in [0.25, 0.3) is 0 Å². The number of fused-ring (bicyclic) bond motifs is 1. The van der Waals surface area contributed by atoms with Crippen molar-refractivity contribution in [2.75, 3.05) is 5.73 Å². The molecule has 1 atom stereocenters. The molecule has 1 aromatic carbocycles. The van der Waals surface area contributed by atoms with Crippen LogP contribution in [0.15, 0.2) is 48.8 Å². The molecular formula is C17H16N4. The van der Waals surface area contributed by atoms with Gasteiger partial charge in [-0.2, -0.15) is 5.10 Å². The molecule has 2 aromatic heterocycles. The predicted octanol–water partition coefficient (Wildman–Crippen LogP) is 2.75. The average Bonchev–Trinajstić information content (AvgIpc) is 2.77. The van der Waals surface area contributed by atoms with Gasteiger partial charge in [0.2, 0.25) is 0 Å². The first-order valence-electron chi connectivity index (χ1n) is 7.06. The second kappa shape index (κ2) is 4.45. The summed E-state index contributed by atoms with van der Waals surface area (Å²) in [6.07, 6.45) is 4.65. The number of anilines is 1. The van der Waals surface area contributed by atoms with E-state index >= 15 is 0 Å². The normalized spacial score (nSPS) is 16.3. The van der Waals surface area contributed by atoms with Gasteiger partial charge < -0.3 is 5.73 Å². The molecule has 0 bridgehead atoms. The lowest BCUT2D eigenvalue weighted by molar-refractivity contribution is 0.655. The van der Waals surface area contributed by atoms with Gasteiger partial charge >= 0.3 is 0 Å². The Bertz CT molecular complexity index is 805. The highest BCUT2D eigenvalue weighted by atomic mass is 15.3. The van der Waals surface area contributed by atoms with Gasteiger partial charge in [-0.05, 0) is 23.6 Å². The maximum atomic E-state index is 6.24. The van der Waals surface area contributed by atoms with E-state index in [2.05, 4.69) is 34.3 Å². The molecule has 1 aliphatic rings. The maximum absolute atomic E-state index is 6.24. The first-order chi connectivity index (χ1) is 10.3. The van der Waals surface area contributed by atoms with E-state index in [9.17, 15) is 0 Å². The largest absolute Gasteiger partial charge is 0.383 e. The number of aromatic nitrogens is 3. The molecule has 2 heterocycles. The molecule has 0 amide bonds.